The number of benzene rings is 1. The zero-order valence-corrected chi connectivity index (χ0v) is 13.0. The maximum Gasteiger partial charge on any atom is 0.243 e. The van der Waals surface area contributed by atoms with Crippen LogP contribution in [0.25, 0.3) is 0 Å². The molecule has 1 aliphatic rings. The van der Waals surface area contributed by atoms with Crippen molar-refractivity contribution >= 4 is 11.6 Å². The van der Waals surface area contributed by atoms with Gasteiger partial charge in [-0.1, -0.05) is 13.8 Å². The lowest BCUT2D eigenvalue weighted by Gasteiger charge is -2.12. The van der Waals surface area contributed by atoms with Crippen molar-refractivity contribution in [3.8, 4) is 23.1 Å². The quantitative estimate of drug-likeness (QED) is 0.913. The third kappa shape index (κ3) is 3.71. The number of carbonyl (C=O) groups is 1. The summed E-state index contributed by atoms with van der Waals surface area (Å²) in [6.07, 6.45) is 2.05. The summed E-state index contributed by atoms with van der Waals surface area (Å²) in [7, 11) is 0. The number of amides is 1. The second-order valence-electron chi connectivity index (χ2n) is 5.62. The van der Waals surface area contributed by atoms with Crippen LogP contribution in [0.4, 0.5) is 5.69 Å². The molecule has 2 aromatic rings. The van der Waals surface area contributed by atoms with Gasteiger partial charge < -0.3 is 19.5 Å². The van der Waals surface area contributed by atoms with Gasteiger partial charge in [0.05, 0.1) is 0 Å². The number of ether oxygens (including phenoxy) is 3. The lowest BCUT2D eigenvalue weighted by Crippen LogP contribution is -2.14. The Balaban J connectivity index is 1.76. The number of nitrogens with one attached hydrogen (secondary N) is 1. The highest BCUT2D eigenvalue weighted by Gasteiger charge is 2.16. The molecule has 120 valence electrons. The maximum atomic E-state index is 11.9. The minimum Gasteiger partial charge on any atom is -0.454 e. The smallest absolute Gasteiger partial charge is 0.243 e. The predicted octanol–water partition coefficient (Wildman–Crippen LogP) is 3.59. The Bertz CT molecular complexity index is 715. The first-order valence-electron chi connectivity index (χ1n) is 7.44. The Hall–Kier alpha value is -2.76. The number of pyridine rings is 1. The van der Waals surface area contributed by atoms with Crippen LogP contribution in [0.5, 0.6) is 23.1 Å². The number of aromatic nitrogens is 1. The van der Waals surface area contributed by atoms with Gasteiger partial charge in [0, 0.05) is 18.7 Å². The average molecular weight is 314 g/mol. The highest BCUT2D eigenvalue weighted by Crippen LogP contribution is 2.37. The van der Waals surface area contributed by atoms with Gasteiger partial charge in [-0.15, -0.1) is 0 Å². The van der Waals surface area contributed by atoms with Crippen molar-refractivity contribution < 1.29 is 19.0 Å². The van der Waals surface area contributed by atoms with Gasteiger partial charge in [-0.05, 0) is 30.2 Å². The van der Waals surface area contributed by atoms with E-state index in [-0.39, 0.29) is 18.6 Å². The molecule has 23 heavy (non-hydrogen) atoms. The normalized spacial score (nSPS) is 12.3. The molecule has 0 unspecified atom stereocenters. The molecule has 6 heteroatoms. The summed E-state index contributed by atoms with van der Waals surface area (Å²) in [6, 6.07) is 8.78. The monoisotopic (exact) mass is 314 g/mol. The number of hydrogen-bond donors (Lipinski definition) is 1. The summed E-state index contributed by atoms with van der Waals surface area (Å²) < 4.78 is 16.4. The molecule has 1 aliphatic heterocycles. The van der Waals surface area contributed by atoms with Crippen molar-refractivity contribution in [2.45, 2.75) is 20.3 Å². The molecule has 0 aliphatic carbocycles. The Morgan fingerprint density at radius 3 is 2.96 bits per heavy atom. The molecule has 0 saturated carbocycles. The Kier molecular flexibility index (Phi) is 4.32. The van der Waals surface area contributed by atoms with Crippen LogP contribution in [0.3, 0.4) is 0 Å². The first-order chi connectivity index (χ1) is 11.1. The summed E-state index contributed by atoms with van der Waals surface area (Å²) >= 11 is 0. The van der Waals surface area contributed by atoms with E-state index in [2.05, 4.69) is 10.3 Å². The molecule has 1 aromatic carbocycles. The fourth-order valence-electron chi connectivity index (χ4n) is 2.19. The first-order valence-corrected chi connectivity index (χ1v) is 7.44. The zero-order chi connectivity index (χ0) is 16.2. The van der Waals surface area contributed by atoms with E-state index in [0.717, 1.165) is 0 Å². The highest BCUT2D eigenvalue weighted by atomic mass is 16.7. The van der Waals surface area contributed by atoms with Gasteiger partial charge in [-0.25, -0.2) is 4.98 Å². The van der Waals surface area contributed by atoms with Crippen molar-refractivity contribution in [1.82, 2.24) is 4.98 Å². The van der Waals surface area contributed by atoms with E-state index >= 15 is 0 Å². The van der Waals surface area contributed by atoms with Crippen LogP contribution in [0.15, 0.2) is 36.5 Å². The van der Waals surface area contributed by atoms with Crippen molar-refractivity contribution in [3.05, 3.63) is 36.5 Å². The van der Waals surface area contributed by atoms with Gasteiger partial charge in [0.1, 0.15) is 11.4 Å². The Labute approximate surface area is 134 Å². The molecule has 1 amide bonds. The van der Waals surface area contributed by atoms with Gasteiger partial charge in [0.25, 0.3) is 0 Å². The lowest BCUT2D eigenvalue weighted by atomic mass is 10.1. The van der Waals surface area contributed by atoms with Gasteiger partial charge in [0.2, 0.25) is 18.6 Å². The second-order valence-corrected chi connectivity index (χ2v) is 5.62. The maximum absolute atomic E-state index is 11.9. The topological polar surface area (TPSA) is 69.7 Å². The van der Waals surface area contributed by atoms with E-state index in [9.17, 15) is 4.79 Å². The third-order valence-corrected chi connectivity index (χ3v) is 3.20. The van der Waals surface area contributed by atoms with Crippen LogP contribution in [0.2, 0.25) is 0 Å². The molecule has 1 aromatic heterocycles. The van der Waals surface area contributed by atoms with Crippen LogP contribution in [-0.4, -0.2) is 17.7 Å². The fourth-order valence-corrected chi connectivity index (χ4v) is 2.19. The lowest BCUT2D eigenvalue weighted by molar-refractivity contribution is -0.116. The fraction of sp³-hybridized carbons (Fsp3) is 0.294. The number of anilines is 1. The van der Waals surface area contributed by atoms with Crippen LogP contribution in [0.1, 0.15) is 20.3 Å². The summed E-state index contributed by atoms with van der Waals surface area (Å²) in [6.45, 7) is 4.19. The zero-order valence-electron chi connectivity index (χ0n) is 13.0. The number of nitrogens with zero attached hydrogens (tertiary/aromatic N) is 1. The van der Waals surface area contributed by atoms with Crippen molar-refractivity contribution in [1.29, 1.82) is 0 Å². The molecule has 0 fully saturated rings. The molecule has 0 saturated heterocycles. The predicted molar refractivity (Wildman–Crippen MR) is 85.0 cm³/mol. The summed E-state index contributed by atoms with van der Waals surface area (Å²) in [5.41, 5.74) is 0.538. The van der Waals surface area contributed by atoms with Gasteiger partial charge in [-0.3, -0.25) is 4.79 Å². The molecular weight excluding hydrogens is 296 g/mol. The molecule has 0 bridgehead atoms. The van der Waals surface area contributed by atoms with Crippen LogP contribution in [0, 0.1) is 5.92 Å². The molecule has 0 radical (unpaired) electrons. The van der Waals surface area contributed by atoms with Crippen molar-refractivity contribution in [2.75, 3.05) is 12.1 Å². The van der Waals surface area contributed by atoms with E-state index in [4.69, 9.17) is 14.2 Å². The standard InChI is InChI=1S/C17H18N2O4/c1-11(2)8-16(20)19-13-4-3-7-18-17(13)23-12-5-6-14-15(9-12)22-10-21-14/h3-7,9,11H,8,10H2,1-2H3,(H,19,20). The molecule has 0 spiro atoms. The van der Waals surface area contributed by atoms with Gasteiger partial charge in [0.15, 0.2) is 11.5 Å². The molecule has 6 nitrogen and oxygen atoms in total. The van der Waals surface area contributed by atoms with Crippen molar-refractivity contribution in [3.63, 3.8) is 0 Å². The molecule has 0 atom stereocenters. The van der Waals surface area contributed by atoms with Crippen molar-refractivity contribution in [2.24, 2.45) is 5.92 Å². The number of fused-ring (bicyclic) bond motifs is 1. The van der Waals surface area contributed by atoms with E-state index in [1.807, 2.05) is 13.8 Å². The van der Waals surface area contributed by atoms with E-state index < -0.39 is 0 Å². The molecule has 2 heterocycles. The summed E-state index contributed by atoms with van der Waals surface area (Å²) in [5, 5.41) is 2.83. The Morgan fingerprint density at radius 2 is 2.13 bits per heavy atom. The summed E-state index contributed by atoms with van der Waals surface area (Å²) in [4.78, 5) is 16.1. The second kappa shape index (κ2) is 6.56. The van der Waals surface area contributed by atoms with Crippen LogP contribution >= 0.6 is 0 Å². The molecule has 3 rings (SSSR count). The van der Waals surface area contributed by atoms with E-state index in [1.165, 1.54) is 0 Å². The van der Waals surface area contributed by atoms with E-state index in [1.54, 1.807) is 36.5 Å². The Morgan fingerprint density at radius 1 is 1.30 bits per heavy atom. The number of rotatable bonds is 5. The third-order valence-electron chi connectivity index (χ3n) is 3.20. The molecular formula is C17H18N2O4. The minimum absolute atomic E-state index is 0.0662. The first kappa shape index (κ1) is 15.1. The summed E-state index contributed by atoms with van der Waals surface area (Å²) in [5.74, 6) is 2.43. The van der Waals surface area contributed by atoms with Gasteiger partial charge in [-0.2, -0.15) is 0 Å². The van der Waals surface area contributed by atoms with E-state index in [0.29, 0.717) is 35.2 Å². The largest absolute Gasteiger partial charge is 0.454 e. The number of carbonyl (C=O) groups excluding carboxylic acids is 1. The minimum atomic E-state index is -0.0662. The van der Waals surface area contributed by atoms with Crippen LogP contribution in [-0.2, 0) is 4.79 Å². The highest BCUT2D eigenvalue weighted by molar-refractivity contribution is 5.92. The van der Waals surface area contributed by atoms with Crippen LogP contribution < -0.4 is 19.5 Å². The molecule has 1 N–H and O–H groups in total. The number of hydrogen-bond acceptors (Lipinski definition) is 5. The average Bonchev–Trinajstić information content (AvgIpc) is 2.96. The van der Waals surface area contributed by atoms with Gasteiger partial charge >= 0.3 is 0 Å². The SMILES string of the molecule is CC(C)CC(=O)Nc1cccnc1Oc1ccc2c(c1)OCO2.